The number of fused-ring (bicyclic) bond motifs is 2. The number of hydrogen-bond donors (Lipinski definition) is 2. The van der Waals surface area contributed by atoms with E-state index < -0.39 is 4.92 Å². The van der Waals surface area contributed by atoms with Gasteiger partial charge in [0, 0.05) is 24.8 Å². The van der Waals surface area contributed by atoms with Crippen LogP contribution in [0.1, 0.15) is 29.6 Å². The van der Waals surface area contributed by atoms with Gasteiger partial charge in [0.15, 0.2) is 5.75 Å². The number of anilines is 4. The summed E-state index contributed by atoms with van der Waals surface area (Å²) in [6, 6.07) is 16.3. The smallest absolute Gasteiger partial charge is 0.310 e. The van der Waals surface area contributed by atoms with Crippen LogP contribution in [0.25, 0.3) is 11.1 Å². The molecule has 1 fully saturated rings. The van der Waals surface area contributed by atoms with Crippen LogP contribution >= 0.6 is 0 Å². The second-order valence-electron chi connectivity index (χ2n) is 8.26. The van der Waals surface area contributed by atoms with Gasteiger partial charge in [-0.25, -0.2) is 0 Å². The largest absolute Gasteiger partial charge is 0.490 e. The molecular weight excluding hydrogens is 420 g/mol. The van der Waals surface area contributed by atoms with Crippen molar-refractivity contribution in [1.82, 2.24) is 0 Å². The maximum absolute atomic E-state index is 12.9. The number of amides is 1. The molecule has 2 heterocycles. The van der Waals surface area contributed by atoms with Crippen molar-refractivity contribution in [3.05, 3.63) is 70.3 Å². The van der Waals surface area contributed by atoms with Crippen molar-refractivity contribution in [2.45, 2.75) is 19.3 Å². The first-order valence-corrected chi connectivity index (χ1v) is 11.0. The number of methoxy groups -OCH3 is 1. The highest BCUT2D eigenvalue weighted by Gasteiger charge is 2.22. The molecular formula is C25H24N4O4. The third-order valence-electron chi connectivity index (χ3n) is 6.22. The Bertz CT molecular complexity index is 1250. The Balaban J connectivity index is 1.52. The molecule has 8 heteroatoms. The molecule has 168 valence electrons. The van der Waals surface area contributed by atoms with Crippen LogP contribution in [0, 0.1) is 10.1 Å². The van der Waals surface area contributed by atoms with E-state index in [1.807, 2.05) is 18.2 Å². The highest BCUT2D eigenvalue weighted by atomic mass is 16.6. The predicted octanol–water partition coefficient (Wildman–Crippen LogP) is 5.57. The minimum absolute atomic E-state index is 0.0901. The number of carbonyl (C=O) groups excluding carboxylic acids is 1. The zero-order valence-corrected chi connectivity index (χ0v) is 18.3. The fourth-order valence-corrected chi connectivity index (χ4v) is 4.46. The van der Waals surface area contributed by atoms with Crippen LogP contribution < -0.4 is 20.3 Å². The maximum atomic E-state index is 12.9. The fraction of sp³-hybridized carbons (Fsp3) is 0.240. The fourth-order valence-electron chi connectivity index (χ4n) is 4.46. The highest BCUT2D eigenvalue weighted by Crippen LogP contribution is 2.38. The molecule has 5 rings (SSSR count). The number of ether oxygens (including phenoxy) is 1. The molecule has 8 nitrogen and oxygen atoms in total. The van der Waals surface area contributed by atoms with Crippen molar-refractivity contribution in [2.75, 3.05) is 35.7 Å². The third-order valence-corrected chi connectivity index (χ3v) is 6.22. The van der Waals surface area contributed by atoms with Gasteiger partial charge in [-0.3, -0.25) is 14.9 Å². The van der Waals surface area contributed by atoms with E-state index >= 15 is 0 Å². The highest BCUT2D eigenvalue weighted by molar-refractivity contribution is 6.12. The number of benzene rings is 3. The minimum Gasteiger partial charge on any atom is -0.490 e. The van der Waals surface area contributed by atoms with E-state index in [2.05, 4.69) is 27.7 Å². The van der Waals surface area contributed by atoms with Crippen molar-refractivity contribution in [1.29, 1.82) is 0 Å². The van der Waals surface area contributed by atoms with Gasteiger partial charge in [-0.15, -0.1) is 0 Å². The molecule has 0 aliphatic carbocycles. The molecule has 0 spiro atoms. The molecule has 2 aliphatic rings. The van der Waals surface area contributed by atoms with E-state index in [-0.39, 0.29) is 17.3 Å². The van der Waals surface area contributed by atoms with Crippen molar-refractivity contribution in [3.63, 3.8) is 0 Å². The van der Waals surface area contributed by atoms with Crippen LogP contribution in [0.15, 0.2) is 54.6 Å². The summed E-state index contributed by atoms with van der Waals surface area (Å²) in [6.45, 7) is 2.07. The van der Waals surface area contributed by atoms with Crippen LogP contribution in [0.4, 0.5) is 28.4 Å². The maximum Gasteiger partial charge on any atom is 0.310 e. The zero-order chi connectivity index (χ0) is 22.9. The quantitative estimate of drug-likeness (QED) is 0.403. The second-order valence-corrected chi connectivity index (χ2v) is 8.26. The van der Waals surface area contributed by atoms with Gasteiger partial charge < -0.3 is 20.3 Å². The Morgan fingerprint density at radius 2 is 1.64 bits per heavy atom. The summed E-state index contributed by atoms with van der Waals surface area (Å²) < 4.78 is 5.21. The first-order valence-electron chi connectivity index (χ1n) is 11.0. The van der Waals surface area contributed by atoms with Crippen molar-refractivity contribution >= 4 is 34.3 Å². The molecule has 1 saturated heterocycles. The van der Waals surface area contributed by atoms with Gasteiger partial charge in [0.05, 0.1) is 34.7 Å². The van der Waals surface area contributed by atoms with Crippen molar-refractivity contribution in [2.24, 2.45) is 0 Å². The summed E-state index contributed by atoms with van der Waals surface area (Å²) in [5.41, 5.74) is 5.40. The Hall–Kier alpha value is -4.07. The molecule has 2 aliphatic heterocycles. The molecule has 0 unspecified atom stereocenters. The summed E-state index contributed by atoms with van der Waals surface area (Å²) in [5.74, 6) is 0.00414. The lowest BCUT2D eigenvalue weighted by molar-refractivity contribution is -0.385. The van der Waals surface area contributed by atoms with E-state index in [1.54, 1.807) is 18.2 Å². The van der Waals surface area contributed by atoms with Crippen LogP contribution in [0.3, 0.4) is 0 Å². The molecule has 1 amide bonds. The molecule has 3 aromatic rings. The second kappa shape index (κ2) is 8.46. The summed E-state index contributed by atoms with van der Waals surface area (Å²) >= 11 is 0. The number of nitro groups is 1. The number of hydrogen-bond acceptors (Lipinski definition) is 6. The van der Waals surface area contributed by atoms with E-state index in [4.69, 9.17) is 4.74 Å². The Labute approximate surface area is 191 Å². The average molecular weight is 444 g/mol. The lowest BCUT2D eigenvalue weighted by Gasteiger charge is -2.29. The molecule has 0 bridgehead atoms. The van der Waals surface area contributed by atoms with Crippen LogP contribution in [-0.4, -0.2) is 31.0 Å². The summed E-state index contributed by atoms with van der Waals surface area (Å²) in [7, 11) is 1.41. The number of nitrogens with one attached hydrogen (secondary N) is 2. The molecule has 0 atom stereocenters. The van der Waals surface area contributed by atoms with Gasteiger partial charge in [-0.1, -0.05) is 6.07 Å². The molecule has 0 saturated carbocycles. The molecule has 0 aromatic heterocycles. The van der Waals surface area contributed by atoms with E-state index in [1.165, 1.54) is 32.4 Å². The predicted molar refractivity (Wildman–Crippen MR) is 129 cm³/mol. The Morgan fingerprint density at radius 1 is 0.879 bits per heavy atom. The number of nitrogens with zero attached hydrogens (tertiary/aromatic N) is 2. The number of piperidine rings is 1. The summed E-state index contributed by atoms with van der Waals surface area (Å²) in [4.78, 5) is 26.0. The van der Waals surface area contributed by atoms with Crippen LogP contribution in [-0.2, 0) is 0 Å². The molecule has 3 aromatic carbocycles. The van der Waals surface area contributed by atoms with Crippen molar-refractivity contribution < 1.29 is 14.5 Å². The molecule has 33 heavy (non-hydrogen) atoms. The van der Waals surface area contributed by atoms with Crippen LogP contribution in [0.5, 0.6) is 5.75 Å². The molecule has 2 N–H and O–H groups in total. The number of rotatable bonds is 4. The lowest BCUT2D eigenvalue weighted by atomic mass is 10.0. The average Bonchev–Trinajstić information content (AvgIpc) is 2.98. The Kier molecular flexibility index (Phi) is 5.34. The first-order chi connectivity index (χ1) is 16.0. The van der Waals surface area contributed by atoms with Gasteiger partial charge >= 0.3 is 5.69 Å². The number of nitro benzene ring substituents is 1. The van der Waals surface area contributed by atoms with Gasteiger partial charge in [0.2, 0.25) is 0 Å². The van der Waals surface area contributed by atoms with E-state index in [0.717, 1.165) is 41.3 Å². The van der Waals surface area contributed by atoms with Gasteiger partial charge in [0.25, 0.3) is 5.91 Å². The SMILES string of the molecule is COc1cc(-c2ccc3c(c2)Nc2cc(N4CCCCC4)ccc2NC3=O)ccc1[N+](=O)[O-]. The summed E-state index contributed by atoms with van der Waals surface area (Å²) in [5, 5.41) is 17.6. The first kappa shape index (κ1) is 20.8. The Morgan fingerprint density at radius 3 is 2.39 bits per heavy atom. The summed E-state index contributed by atoms with van der Waals surface area (Å²) in [6.07, 6.45) is 3.64. The van der Waals surface area contributed by atoms with Gasteiger partial charge in [0.1, 0.15) is 0 Å². The zero-order valence-electron chi connectivity index (χ0n) is 18.3. The van der Waals surface area contributed by atoms with E-state index in [0.29, 0.717) is 11.3 Å². The topological polar surface area (TPSA) is 96.7 Å². The molecule has 0 radical (unpaired) electrons. The van der Waals surface area contributed by atoms with Gasteiger partial charge in [-0.2, -0.15) is 0 Å². The number of carbonyl (C=O) groups is 1. The third kappa shape index (κ3) is 3.95. The van der Waals surface area contributed by atoms with Gasteiger partial charge in [-0.05, 0) is 72.9 Å². The van der Waals surface area contributed by atoms with E-state index in [9.17, 15) is 14.9 Å². The monoisotopic (exact) mass is 444 g/mol. The van der Waals surface area contributed by atoms with Crippen molar-refractivity contribution in [3.8, 4) is 16.9 Å². The normalized spacial score (nSPS) is 14.9. The lowest BCUT2D eigenvalue weighted by Crippen LogP contribution is -2.29. The standard InChI is InChI=1S/C25H24N4O4/c1-33-24-14-17(6-10-23(24)29(31)32)16-5-8-19-21(13-16)26-22-15-18(28-11-3-2-4-12-28)7-9-20(22)27-25(19)30/h5-10,13-15,26H,2-4,11-12H2,1H3,(H,27,30). The van der Waals surface area contributed by atoms with Crippen LogP contribution in [0.2, 0.25) is 0 Å². The minimum atomic E-state index is -0.470.